The van der Waals surface area contributed by atoms with Gasteiger partial charge in [-0.25, -0.2) is 0 Å². The van der Waals surface area contributed by atoms with Gasteiger partial charge in [0.1, 0.15) is 0 Å². The largest absolute Gasteiger partial charge is 0.312 e. The smallest absolute Gasteiger partial charge is 0.00669 e. The molecule has 2 unspecified atom stereocenters. The lowest BCUT2D eigenvalue weighted by Crippen LogP contribution is -2.36. The van der Waals surface area contributed by atoms with E-state index < -0.39 is 0 Å². The van der Waals surface area contributed by atoms with Crippen molar-refractivity contribution in [2.75, 3.05) is 19.6 Å². The Morgan fingerprint density at radius 3 is 2.11 bits per heavy atom. The zero-order valence-electron chi connectivity index (χ0n) is 13.5. The van der Waals surface area contributed by atoms with Gasteiger partial charge in [-0.3, -0.25) is 0 Å². The highest BCUT2D eigenvalue weighted by molar-refractivity contribution is 4.71. The average molecular weight is 256 g/mol. The second kappa shape index (κ2) is 12.0. The van der Waals surface area contributed by atoms with E-state index in [1.54, 1.807) is 0 Å². The van der Waals surface area contributed by atoms with Gasteiger partial charge in [0.05, 0.1) is 0 Å². The van der Waals surface area contributed by atoms with Crippen LogP contribution in [0.5, 0.6) is 0 Å². The fraction of sp³-hybridized carbons (Fsp3) is 1.00. The molecule has 0 saturated heterocycles. The van der Waals surface area contributed by atoms with E-state index >= 15 is 0 Å². The van der Waals surface area contributed by atoms with Crippen molar-refractivity contribution in [3.8, 4) is 0 Å². The first-order valence-corrected chi connectivity index (χ1v) is 8.16. The molecule has 0 aliphatic heterocycles. The summed E-state index contributed by atoms with van der Waals surface area (Å²) in [6, 6.07) is 1.40. The highest BCUT2D eigenvalue weighted by atomic mass is 15.1. The Labute approximate surface area is 116 Å². The number of nitrogens with one attached hydrogen (secondary N) is 1. The lowest BCUT2D eigenvalue weighted by Gasteiger charge is -2.24. The second-order valence-electron chi connectivity index (χ2n) is 5.48. The highest BCUT2D eigenvalue weighted by Crippen LogP contribution is 2.07. The maximum atomic E-state index is 3.79. The summed E-state index contributed by atoms with van der Waals surface area (Å²) in [6.07, 6.45) is 7.90. The van der Waals surface area contributed by atoms with Crippen LogP contribution < -0.4 is 5.32 Å². The average Bonchev–Trinajstić information content (AvgIpc) is 2.39. The topological polar surface area (TPSA) is 15.3 Å². The first-order chi connectivity index (χ1) is 8.67. The molecule has 0 rings (SSSR count). The zero-order valence-corrected chi connectivity index (χ0v) is 13.5. The number of rotatable bonds is 12. The normalized spacial score (nSPS) is 15.0. The first kappa shape index (κ1) is 17.9. The molecule has 1 N–H and O–H groups in total. The third-order valence-electron chi connectivity index (χ3n) is 3.93. The molecule has 110 valence electrons. The van der Waals surface area contributed by atoms with Crippen molar-refractivity contribution < 1.29 is 0 Å². The molecule has 0 aliphatic carbocycles. The van der Waals surface area contributed by atoms with Crippen LogP contribution in [0.1, 0.15) is 73.1 Å². The molecule has 0 amide bonds. The minimum atomic E-state index is 0.669. The van der Waals surface area contributed by atoms with Gasteiger partial charge in [0.25, 0.3) is 0 Å². The van der Waals surface area contributed by atoms with Crippen molar-refractivity contribution >= 4 is 0 Å². The minimum Gasteiger partial charge on any atom is -0.312 e. The van der Waals surface area contributed by atoms with Crippen molar-refractivity contribution in [2.45, 2.75) is 85.2 Å². The van der Waals surface area contributed by atoms with Gasteiger partial charge in [0.15, 0.2) is 0 Å². The maximum Gasteiger partial charge on any atom is 0.00669 e. The van der Waals surface area contributed by atoms with Crippen LogP contribution in [-0.2, 0) is 0 Å². The van der Waals surface area contributed by atoms with Crippen molar-refractivity contribution in [2.24, 2.45) is 0 Å². The lowest BCUT2D eigenvalue weighted by molar-refractivity contribution is 0.286. The molecule has 0 aromatic carbocycles. The van der Waals surface area contributed by atoms with Crippen LogP contribution in [0, 0.1) is 0 Å². The van der Waals surface area contributed by atoms with Gasteiger partial charge in [0.2, 0.25) is 0 Å². The van der Waals surface area contributed by atoms with Gasteiger partial charge >= 0.3 is 0 Å². The van der Waals surface area contributed by atoms with Crippen LogP contribution in [0.2, 0.25) is 0 Å². The van der Waals surface area contributed by atoms with Crippen molar-refractivity contribution in [3.05, 3.63) is 0 Å². The summed E-state index contributed by atoms with van der Waals surface area (Å²) in [6.45, 7) is 15.1. The number of unbranched alkanes of at least 4 members (excludes halogenated alkanes) is 1. The Balaban J connectivity index is 3.70. The predicted octanol–water partition coefficient (Wildman–Crippen LogP) is 4.06. The molecular formula is C16H36N2. The van der Waals surface area contributed by atoms with E-state index in [1.165, 1.54) is 58.2 Å². The quantitative estimate of drug-likeness (QED) is 0.566. The summed E-state index contributed by atoms with van der Waals surface area (Å²) in [7, 11) is 0. The molecule has 0 aromatic rings. The van der Waals surface area contributed by atoms with Crippen LogP contribution in [-0.4, -0.2) is 36.6 Å². The van der Waals surface area contributed by atoms with Gasteiger partial charge in [-0.15, -0.1) is 0 Å². The van der Waals surface area contributed by atoms with E-state index in [1.807, 2.05) is 0 Å². The summed E-state index contributed by atoms with van der Waals surface area (Å²) >= 11 is 0. The summed E-state index contributed by atoms with van der Waals surface area (Å²) in [5.74, 6) is 0. The molecule has 18 heavy (non-hydrogen) atoms. The molecule has 0 bridgehead atoms. The van der Waals surface area contributed by atoms with Gasteiger partial charge in [-0.05, 0) is 52.2 Å². The Morgan fingerprint density at radius 2 is 1.61 bits per heavy atom. The molecule has 2 heteroatoms. The fourth-order valence-electron chi connectivity index (χ4n) is 2.50. The molecule has 0 spiro atoms. The zero-order chi connectivity index (χ0) is 13.8. The number of nitrogens with zero attached hydrogens (tertiary/aromatic N) is 1. The van der Waals surface area contributed by atoms with Crippen LogP contribution >= 0.6 is 0 Å². The van der Waals surface area contributed by atoms with Crippen LogP contribution in [0.4, 0.5) is 0 Å². The van der Waals surface area contributed by atoms with E-state index in [0.29, 0.717) is 6.04 Å². The van der Waals surface area contributed by atoms with Crippen LogP contribution in [0.3, 0.4) is 0 Å². The van der Waals surface area contributed by atoms with E-state index in [-0.39, 0.29) is 0 Å². The molecule has 0 saturated carbocycles. The second-order valence-corrected chi connectivity index (χ2v) is 5.48. The van der Waals surface area contributed by atoms with Crippen LogP contribution in [0.15, 0.2) is 0 Å². The van der Waals surface area contributed by atoms with Crippen molar-refractivity contribution in [3.63, 3.8) is 0 Å². The van der Waals surface area contributed by atoms with E-state index in [4.69, 9.17) is 0 Å². The van der Waals surface area contributed by atoms with Gasteiger partial charge in [-0.2, -0.15) is 0 Å². The SMILES string of the molecule is CCCCC(CC)NC(C)CCCN(CC)CC. The van der Waals surface area contributed by atoms with E-state index in [2.05, 4.69) is 44.8 Å². The number of hydrogen-bond donors (Lipinski definition) is 1. The highest BCUT2D eigenvalue weighted by Gasteiger charge is 2.10. The lowest BCUT2D eigenvalue weighted by atomic mass is 10.0. The molecule has 0 aliphatic rings. The molecule has 0 radical (unpaired) electrons. The minimum absolute atomic E-state index is 0.669. The third-order valence-corrected chi connectivity index (χ3v) is 3.93. The maximum absolute atomic E-state index is 3.79. The Hall–Kier alpha value is -0.0800. The Bertz CT molecular complexity index is 166. The Morgan fingerprint density at radius 1 is 0.944 bits per heavy atom. The molecule has 0 aromatic heterocycles. The van der Waals surface area contributed by atoms with E-state index in [9.17, 15) is 0 Å². The standard InChI is InChI=1S/C16H36N2/c1-6-10-13-16(7-2)17-15(5)12-11-14-18(8-3)9-4/h15-17H,6-14H2,1-5H3. The van der Waals surface area contributed by atoms with E-state index in [0.717, 1.165) is 6.04 Å². The molecule has 2 nitrogen and oxygen atoms in total. The molecule has 0 fully saturated rings. The van der Waals surface area contributed by atoms with Crippen LogP contribution in [0.25, 0.3) is 0 Å². The third kappa shape index (κ3) is 8.93. The number of hydrogen-bond acceptors (Lipinski definition) is 2. The van der Waals surface area contributed by atoms with Gasteiger partial charge in [-0.1, -0.05) is 40.5 Å². The summed E-state index contributed by atoms with van der Waals surface area (Å²) < 4.78 is 0. The van der Waals surface area contributed by atoms with Crippen molar-refractivity contribution in [1.29, 1.82) is 0 Å². The van der Waals surface area contributed by atoms with Gasteiger partial charge < -0.3 is 10.2 Å². The summed E-state index contributed by atoms with van der Waals surface area (Å²) in [5, 5.41) is 3.79. The molecule has 0 heterocycles. The summed E-state index contributed by atoms with van der Waals surface area (Å²) in [5.41, 5.74) is 0. The Kier molecular flexibility index (Phi) is 11.9. The van der Waals surface area contributed by atoms with Gasteiger partial charge in [0, 0.05) is 12.1 Å². The fourth-order valence-corrected chi connectivity index (χ4v) is 2.50. The predicted molar refractivity (Wildman–Crippen MR) is 83.2 cm³/mol. The monoisotopic (exact) mass is 256 g/mol. The molecule has 2 atom stereocenters. The van der Waals surface area contributed by atoms with Crippen molar-refractivity contribution in [1.82, 2.24) is 10.2 Å². The summed E-state index contributed by atoms with van der Waals surface area (Å²) in [4.78, 5) is 2.51. The first-order valence-electron chi connectivity index (χ1n) is 8.16. The molecular weight excluding hydrogens is 220 g/mol.